The van der Waals surface area contributed by atoms with Gasteiger partial charge in [0.05, 0.1) is 13.0 Å². The van der Waals surface area contributed by atoms with Crippen molar-refractivity contribution in [1.29, 1.82) is 0 Å². The van der Waals surface area contributed by atoms with E-state index in [1.54, 1.807) is 26.0 Å². The number of phenolic OH excluding ortho intramolecular Hbond substituents is 1. The average molecular weight is 1080 g/mol. The number of aromatic hydroxyl groups is 1. The lowest BCUT2D eigenvalue weighted by molar-refractivity contribution is -0.142. The van der Waals surface area contributed by atoms with Crippen molar-refractivity contribution < 1.29 is 57.8 Å². The molecule has 3 heterocycles. The minimum absolute atomic E-state index is 0.0216. The number of primary amides is 3. The van der Waals surface area contributed by atoms with E-state index in [2.05, 4.69) is 42.1 Å². The summed E-state index contributed by atoms with van der Waals surface area (Å²) >= 11 is 0. The van der Waals surface area contributed by atoms with E-state index in [1.165, 1.54) is 38.6 Å². The first-order chi connectivity index (χ1) is 34.9. The maximum Gasteiger partial charge on any atom is 0.246 e. The fraction of sp³-hybridized carbons (Fsp3) is 0.646. The van der Waals surface area contributed by atoms with Gasteiger partial charge in [-0.1, -0.05) is 67.8 Å². The minimum atomic E-state index is -1.74. The fourth-order valence-corrected chi connectivity index (χ4v) is 12.1. The fourth-order valence-electron chi connectivity index (χ4n) is 8.83. The van der Waals surface area contributed by atoms with E-state index in [0.29, 0.717) is 44.3 Å². The highest BCUT2D eigenvalue weighted by Crippen LogP contribution is 2.46. The summed E-state index contributed by atoms with van der Waals surface area (Å²) in [5.41, 5.74) is 16.9. The normalized spacial score (nSPS) is 24.5. The zero-order chi connectivity index (χ0) is 54.9. The number of nitrogens with zero attached hydrogens (tertiary/aromatic N) is 2. The van der Waals surface area contributed by atoms with Crippen molar-refractivity contribution in [2.75, 3.05) is 39.0 Å². The van der Waals surface area contributed by atoms with Crippen molar-refractivity contribution >= 4 is 86.6 Å². The number of nitrogens with two attached hydrogens (primary N) is 3. The van der Waals surface area contributed by atoms with Crippen LogP contribution in [0.2, 0.25) is 0 Å². The maximum absolute atomic E-state index is 14.9. The number of carbonyl (C=O) groups excluding carboxylic acids is 11. The lowest BCUT2D eigenvalue weighted by Crippen LogP contribution is -2.61. The van der Waals surface area contributed by atoms with Gasteiger partial charge < -0.3 is 69.3 Å². The first-order valence-electron chi connectivity index (χ1n) is 24.9. The van der Waals surface area contributed by atoms with Crippen LogP contribution in [0.4, 0.5) is 0 Å². The third-order valence-electron chi connectivity index (χ3n) is 13.3. The Labute approximate surface area is 438 Å². The first kappa shape index (κ1) is 60.4. The molecule has 3 aliphatic rings. The highest BCUT2D eigenvalue weighted by Gasteiger charge is 2.43. The van der Waals surface area contributed by atoms with Crippen molar-refractivity contribution in [1.82, 2.24) is 47.0 Å². The standard InChI is InChI=1S/C48H74N12O12S2/c1-6-27(4)40-46(71)54-30(13-14-36(49)62)42(67)55-33(22-37(50)63)43(68)57-34(47(72)60-17-7-8-35(60)45(70)56-31(20-26(2)3)41(66)52-24-38(51)64)25-73-74-48(15-18-59(5)19-16-48)23-39(65)53-32(44(69)58-40)21-28-9-11-29(61)12-10-28/h9-12,26-27,30-35,40,61H,6-8,13-25H2,1-5H3,(H2,49,62)(H2,50,63)(H2,51,64)(H,52,66)(H,53,65)(H,54,71)(H,55,67)(H,56,70)(H,57,68)(H,58,69)/t27-,30-,31-,32-,33-,34-,35-,40?/m0/s1. The quantitative estimate of drug-likeness (QED) is 0.0746. The highest BCUT2D eigenvalue weighted by molar-refractivity contribution is 8.77. The summed E-state index contributed by atoms with van der Waals surface area (Å²) in [4.78, 5) is 153. The van der Waals surface area contributed by atoms with Gasteiger partial charge in [0.25, 0.3) is 0 Å². The summed E-state index contributed by atoms with van der Waals surface area (Å²) < 4.78 is -0.780. The number of piperidine rings is 1. The Hall–Kier alpha value is -6.15. The second-order valence-electron chi connectivity index (χ2n) is 19.8. The second-order valence-corrected chi connectivity index (χ2v) is 22.6. The number of phenols is 1. The largest absolute Gasteiger partial charge is 0.508 e. The molecule has 3 aliphatic heterocycles. The Balaban J connectivity index is 1.79. The molecule has 14 N–H and O–H groups in total. The topological polar surface area (TPSA) is 377 Å². The third-order valence-corrected chi connectivity index (χ3v) is 16.6. The molecule has 1 spiro atoms. The molecule has 0 aromatic heterocycles. The van der Waals surface area contributed by atoms with Gasteiger partial charge in [0.1, 0.15) is 48.0 Å². The van der Waals surface area contributed by atoms with E-state index in [1.807, 2.05) is 20.9 Å². The van der Waals surface area contributed by atoms with E-state index in [9.17, 15) is 57.8 Å². The molecule has 26 heteroatoms. The van der Waals surface area contributed by atoms with Crippen LogP contribution in [0.15, 0.2) is 24.3 Å². The molecule has 24 nitrogen and oxygen atoms in total. The first-order valence-corrected chi connectivity index (χ1v) is 27.2. The van der Waals surface area contributed by atoms with Gasteiger partial charge in [-0.2, -0.15) is 0 Å². The number of amides is 11. The van der Waals surface area contributed by atoms with Crippen LogP contribution < -0.4 is 54.4 Å². The Morgan fingerprint density at radius 2 is 1.45 bits per heavy atom. The zero-order valence-electron chi connectivity index (χ0n) is 42.7. The summed E-state index contributed by atoms with van der Waals surface area (Å²) in [6.07, 6.45) is 0.361. The lowest BCUT2D eigenvalue weighted by Gasteiger charge is -2.40. The van der Waals surface area contributed by atoms with Crippen LogP contribution in [-0.4, -0.2) is 166 Å². The zero-order valence-corrected chi connectivity index (χ0v) is 44.3. The Kier molecular flexibility index (Phi) is 23.3. The van der Waals surface area contributed by atoms with Crippen LogP contribution in [0.5, 0.6) is 5.75 Å². The Morgan fingerprint density at radius 1 is 0.811 bits per heavy atom. The molecule has 8 atom stereocenters. The molecule has 1 aromatic rings. The molecule has 0 saturated carbocycles. The molecular weight excluding hydrogens is 1000 g/mol. The molecule has 0 aliphatic carbocycles. The van der Waals surface area contributed by atoms with E-state index in [-0.39, 0.29) is 56.1 Å². The molecule has 74 heavy (non-hydrogen) atoms. The number of hydrogen-bond acceptors (Lipinski definition) is 15. The highest BCUT2D eigenvalue weighted by atomic mass is 33.1. The van der Waals surface area contributed by atoms with Crippen molar-refractivity contribution in [3.05, 3.63) is 29.8 Å². The second kappa shape index (κ2) is 28.5. The summed E-state index contributed by atoms with van der Waals surface area (Å²) in [7, 11) is 4.43. The van der Waals surface area contributed by atoms with E-state index in [4.69, 9.17) is 17.2 Å². The number of likely N-dealkylation sites (tertiary alicyclic amines) is 2. The molecule has 4 rings (SSSR count). The van der Waals surface area contributed by atoms with E-state index >= 15 is 0 Å². The van der Waals surface area contributed by atoms with E-state index in [0.717, 1.165) is 0 Å². The van der Waals surface area contributed by atoms with Gasteiger partial charge in [0.15, 0.2) is 0 Å². The summed E-state index contributed by atoms with van der Waals surface area (Å²) in [6.45, 7) is 7.90. The van der Waals surface area contributed by atoms with Crippen LogP contribution in [-0.2, 0) is 59.2 Å². The predicted molar refractivity (Wildman–Crippen MR) is 276 cm³/mol. The Morgan fingerprint density at radius 3 is 2.05 bits per heavy atom. The molecule has 3 fully saturated rings. The van der Waals surface area contributed by atoms with Crippen LogP contribution >= 0.6 is 21.6 Å². The molecule has 0 bridgehead atoms. The van der Waals surface area contributed by atoms with Gasteiger partial charge in [-0.3, -0.25) is 52.7 Å². The number of hydrogen-bond donors (Lipinski definition) is 11. The summed E-state index contributed by atoms with van der Waals surface area (Å²) in [6, 6.07) is -3.45. The van der Waals surface area contributed by atoms with Gasteiger partial charge in [0, 0.05) is 36.3 Å². The average Bonchev–Trinajstić information content (AvgIpc) is 3.83. The van der Waals surface area contributed by atoms with Crippen LogP contribution in [0.3, 0.4) is 0 Å². The number of benzene rings is 1. The molecule has 1 aromatic carbocycles. The summed E-state index contributed by atoms with van der Waals surface area (Å²) in [5.74, 6) is -9.65. The molecular formula is C48H74N12O12S2. The number of rotatable bonds is 17. The van der Waals surface area contributed by atoms with Gasteiger partial charge in [-0.05, 0) is 88.2 Å². The van der Waals surface area contributed by atoms with Crippen LogP contribution in [0, 0.1) is 11.8 Å². The van der Waals surface area contributed by atoms with Crippen LogP contribution in [0.1, 0.15) is 97.5 Å². The van der Waals surface area contributed by atoms with Gasteiger partial charge in [-0.15, -0.1) is 0 Å². The molecule has 410 valence electrons. The minimum Gasteiger partial charge on any atom is -0.508 e. The smallest absolute Gasteiger partial charge is 0.246 e. The van der Waals surface area contributed by atoms with Crippen molar-refractivity contribution in [2.45, 2.75) is 145 Å². The van der Waals surface area contributed by atoms with E-state index < -0.39 is 137 Å². The number of nitrogens with one attached hydrogen (secondary N) is 7. The van der Waals surface area contributed by atoms with Crippen molar-refractivity contribution in [3.8, 4) is 5.75 Å². The Bertz CT molecular complexity index is 2210. The van der Waals surface area contributed by atoms with Crippen molar-refractivity contribution in [2.24, 2.45) is 29.0 Å². The lowest BCUT2D eigenvalue weighted by atomic mass is 9.91. The van der Waals surface area contributed by atoms with Crippen molar-refractivity contribution in [3.63, 3.8) is 0 Å². The van der Waals surface area contributed by atoms with Gasteiger partial charge in [0.2, 0.25) is 65.0 Å². The molecule has 0 radical (unpaired) electrons. The third kappa shape index (κ3) is 18.7. The summed E-state index contributed by atoms with van der Waals surface area (Å²) in [5, 5.41) is 28.5. The predicted octanol–water partition coefficient (Wildman–Crippen LogP) is -2.08. The van der Waals surface area contributed by atoms with Gasteiger partial charge in [-0.25, -0.2) is 0 Å². The molecule has 1 unspecified atom stereocenters. The monoisotopic (exact) mass is 1070 g/mol. The van der Waals surface area contributed by atoms with Crippen LogP contribution in [0.25, 0.3) is 0 Å². The molecule has 11 amide bonds. The SMILES string of the molecule is CC[C@H](C)C1NC(=O)[C@H](Cc2ccc(O)cc2)NC(=O)CC2(CCN(C)CC2)SSC[C@@H](C(=O)N2CCC[C@H]2C(=O)N[C@@H](CC(C)C)C(=O)NCC(N)=O)NC(=O)[C@H](CC(N)=O)NC(=O)[C@H](CCC(N)=O)NC1=O. The number of carbonyl (C=O) groups is 11. The molecule has 3 saturated heterocycles. The van der Waals surface area contributed by atoms with Gasteiger partial charge >= 0.3 is 0 Å². The maximum atomic E-state index is 14.9.